The summed E-state index contributed by atoms with van der Waals surface area (Å²) in [6.45, 7) is 4.49. The van der Waals surface area contributed by atoms with E-state index in [0.717, 1.165) is 38.3 Å². The summed E-state index contributed by atoms with van der Waals surface area (Å²) >= 11 is 0. The minimum atomic E-state index is 0.0660. The Morgan fingerprint density at radius 2 is 2.20 bits per heavy atom. The zero-order valence-corrected chi connectivity index (χ0v) is 12.8. The van der Waals surface area contributed by atoms with E-state index in [0.29, 0.717) is 6.04 Å². The van der Waals surface area contributed by atoms with E-state index in [2.05, 4.69) is 24.1 Å². The molecule has 0 saturated carbocycles. The lowest BCUT2D eigenvalue weighted by Gasteiger charge is -2.37. The average Bonchev–Trinajstić information content (AvgIpc) is 2.47. The largest absolute Gasteiger partial charge is 0.497 e. The van der Waals surface area contributed by atoms with Crippen LogP contribution in [0.15, 0.2) is 18.2 Å². The standard InChI is InChI=1S/C16H26N2O2/c1-4-20-10-9-18(2)15-8-5-12-11-13(19-3)6-7-14(12)16(15)17/h6-7,11,15-16H,4-5,8-10,17H2,1-3H3. The Balaban J connectivity index is 2.05. The number of methoxy groups -OCH3 is 1. The van der Waals surface area contributed by atoms with E-state index in [1.807, 2.05) is 13.0 Å². The van der Waals surface area contributed by atoms with Crippen LogP contribution in [0.4, 0.5) is 0 Å². The van der Waals surface area contributed by atoms with Crippen molar-refractivity contribution in [1.29, 1.82) is 0 Å². The van der Waals surface area contributed by atoms with E-state index in [1.165, 1.54) is 11.1 Å². The lowest BCUT2D eigenvalue weighted by molar-refractivity contribution is 0.0966. The van der Waals surface area contributed by atoms with Crippen LogP contribution in [0.5, 0.6) is 5.75 Å². The third-order valence-corrected chi connectivity index (χ3v) is 4.19. The summed E-state index contributed by atoms with van der Waals surface area (Å²) in [5, 5.41) is 0. The topological polar surface area (TPSA) is 47.7 Å². The van der Waals surface area contributed by atoms with Gasteiger partial charge in [0.2, 0.25) is 0 Å². The smallest absolute Gasteiger partial charge is 0.119 e. The number of rotatable bonds is 6. The molecular weight excluding hydrogens is 252 g/mol. The number of hydrogen-bond acceptors (Lipinski definition) is 4. The van der Waals surface area contributed by atoms with Gasteiger partial charge >= 0.3 is 0 Å². The van der Waals surface area contributed by atoms with Gasteiger partial charge in [0.1, 0.15) is 5.75 Å². The van der Waals surface area contributed by atoms with E-state index in [9.17, 15) is 0 Å². The molecule has 2 N–H and O–H groups in total. The highest BCUT2D eigenvalue weighted by atomic mass is 16.5. The Labute approximate surface area is 121 Å². The van der Waals surface area contributed by atoms with Crippen molar-refractivity contribution in [2.45, 2.75) is 31.8 Å². The van der Waals surface area contributed by atoms with E-state index < -0.39 is 0 Å². The normalized spacial score (nSPS) is 21.9. The minimum Gasteiger partial charge on any atom is -0.497 e. The summed E-state index contributed by atoms with van der Waals surface area (Å²) in [7, 11) is 3.84. The van der Waals surface area contributed by atoms with Crippen molar-refractivity contribution >= 4 is 0 Å². The Bertz CT molecular complexity index is 436. The number of nitrogens with two attached hydrogens (primary N) is 1. The Hall–Kier alpha value is -1.10. The predicted molar refractivity (Wildman–Crippen MR) is 81.2 cm³/mol. The number of hydrogen-bond donors (Lipinski definition) is 1. The summed E-state index contributed by atoms with van der Waals surface area (Å²) in [4.78, 5) is 2.33. The molecule has 2 atom stereocenters. The molecule has 1 aliphatic rings. The summed E-state index contributed by atoms with van der Waals surface area (Å²) in [6, 6.07) is 6.68. The van der Waals surface area contributed by atoms with Crippen LogP contribution in [0, 0.1) is 0 Å². The lowest BCUT2D eigenvalue weighted by Crippen LogP contribution is -2.44. The molecule has 0 bridgehead atoms. The first-order chi connectivity index (χ1) is 9.67. The molecule has 4 nitrogen and oxygen atoms in total. The molecule has 112 valence electrons. The van der Waals surface area contributed by atoms with Crippen LogP contribution < -0.4 is 10.5 Å². The highest BCUT2D eigenvalue weighted by Gasteiger charge is 2.29. The van der Waals surface area contributed by atoms with Gasteiger partial charge in [0.15, 0.2) is 0 Å². The van der Waals surface area contributed by atoms with Gasteiger partial charge in [-0.05, 0) is 50.1 Å². The van der Waals surface area contributed by atoms with Gasteiger partial charge in [0, 0.05) is 25.2 Å². The molecule has 2 rings (SSSR count). The molecule has 2 unspecified atom stereocenters. The molecular formula is C16H26N2O2. The monoisotopic (exact) mass is 278 g/mol. The molecule has 0 radical (unpaired) electrons. The summed E-state index contributed by atoms with van der Waals surface area (Å²) in [5.74, 6) is 0.916. The summed E-state index contributed by atoms with van der Waals surface area (Å²) < 4.78 is 10.7. The highest BCUT2D eigenvalue weighted by molar-refractivity contribution is 5.40. The predicted octanol–water partition coefficient (Wildman–Crippen LogP) is 1.98. The van der Waals surface area contributed by atoms with Crippen molar-refractivity contribution in [1.82, 2.24) is 4.90 Å². The SMILES string of the molecule is CCOCCN(C)C1CCc2cc(OC)ccc2C1N. The van der Waals surface area contributed by atoms with Gasteiger partial charge in [-0.1, -0.05) is 6.07 Å². The summed E-state index contributed by atoms with van der Waals surface area (Å²) in [6.07, 6.45) is 2.15. The molecule has 0 saturated heterocycles. The van der Waals surface area contributed by atoms with Crippen LogP contribution in [0.2, 0.25) is 0 Å². The quantitative estimate of drug-likeness (QED) is 0.808. The second-order valence-electron chi connectivity index (χ2n) is 5.37. The van der Waals surface area contributed by atoms with Crippen molar-refractivity contribution in [2.75, 3.05) is 33.9 Å². The van der Waals surface area contributed by atoms with Crippen LogP contribution in [0.3, 0.4) is 0 Å². The van der Waals surface area contributed by atoms with Crippen molar-refractivity contribution < 1.29 is 9.47 Å². The van der Waals surface area contributed by atoms with Crippen molar-refractivity contribution in [3.05, 3.63) is 29.3 Å². The molecule has 1 aromatic carbocycles. The minimum absolute atomic E-state index is 0.0660. The van der Waals surface area contributed by atoms with Crippen LogP contribution in [0.1, 0.15) is 30.5 Å². The number of benzene rings is 1. The maximum Gasteiger partial charge on any atom is 0.119 e. The third-order valence-electron chi connectivity index (χ3n) is 4.19. The number of aryl methyl sites for hydroxylation is 1. The van der Waals surface area contributed by atoms with E-state index in [4.69, 9.17) is 15.2 Å². The van der Waals surface area contributed by atoms with E-state index in [1.54, 1.807) is 7.11 Å². The fourth-order valence-electron chi connectivity index (χ4n) is 2.95. The lowest BCUT2D eigenvalue weighted by atomic mass is 9.83. The van der Waals surface area contributed by atoms with Gasteiger partial charge in [0.05, 0.1) is 13.7 Å². The second kappa shape index (κ2) is 7.07. The van der Waals surface area contributed by atoms with Crippen molar-refractivity contribution in [3.63, 3.8) is 0 Å². The molecule has 20 heavy (non-hydrogen) atoms. The molecule has 0 heterocycles. The van der Waals surface area contributed by atoms with Gasteiger partial charge in [-0.15, -0.1) is 0 Å². The second-order valence-corrected chi connectivity index (χ2v) is 5.37. The number of ether oxygens (including phenoxy) is 2. The number of fused-ring (bicyclic) bond motifs is 1. The maximum atomic E-state index is 6.46. The molecule has 1 aromatic rings. The van der Waals surface area contributed by atoms with Crippen LogP contribution in [-0.2, 0) is 11.2 Å². The number of nitrogens with zero attached hydrogens (tertiary/aromatic N) is 1. The first-order valence-electron chi connectivity index (χ1n) is 7.37. The molecule has 0 spiro atoms. The average molecular weight is 278 g/mol. The Kier molecular flexibility index (Phi) is 5.40. The molecule has 0 fully saturated rings. The van der Waals surface area contributed by atoms with E-state index >= 15 is 0 Å². The van der Waals surface area contributed by atoms with Gasteiger partial charge in [0.25, 0.3) is 0 Å². The first-order valence-corrected chi connectivity index (χ1v) is 7.37. The highest BCUT2D eigenvalue weighted by Crippen LogP contribution is 2.33. The fraction of sp³-hybridized carbons (Fsp3) is 0.625. The molecule has 1 aliphatic carbocycles. The van der Waals surface area contributed by atoms with Gasteiger partial charge < -0.3 is 15.2 Å². The Morgan fingerprint density at radius 3 is 2.90 bits per heavy atom. The summed E-state index contributed by atoms with van der Waals surface area (Å²) in [5.41, 5.74) is 9.04. The molecule has 4 heteroatoms. The van der Waals surface area contributed by atoms with Crippen molar-refractivity contribution in [2.24, 2.45) is 5.73 Å². The third kappa shape index (κ3) is 3.32. The zero-order valence-electron chi connectivity index (χ0n) is 12.8. The first kappa shape index (κ1) is 15.3. The van der Waals surface area contributed by atoms with Crippen molar-refractivity contribution in [3.8, 4) is 5.75 Å². The molecule has 0 amide bonds. The van der Waals surface area contributed by atoms with Gasteiger partial charge in [-0.2, -0.15) is 0 Å². The van der Waals surface area contributed by atoms with E-state index in [-0.39, 0.29) is 6.04 Å². The van der Waals surface area contributed by atoms with Crippen LogP contribution in [-0.4, -0.2) is 44.9 Å². The van der Waals surface area contributed by atoms with Crippen LogP contribution in [0.25, 0.3) is 0 Å². The van der Waals surface area contributed by atoms with Crippen LogP contribution >= 0.6 is 0 Å². The Morgan fingerprint density at radius 1 is 1.40 bits per heavy atom. The zero-order chi connectivity index (χ0) is 14.5. The maximum absolute atomic E-state index is 6.46. The number of likely N-dealkylation sites (N-methyl/N-ethyl adjacent to an activating group) is 1. The van der Waals surface area contributed by atoms with Gasteiger partial charge in [-0.25, -0.2) is 0 Å². The molecule has 0 aliphatic heterocycles. The fourth-order valence-corrected chi connectivity index (χ4v) is 2.95. The van der Waals surface area contributed by atoms with Gasteiger partial charge in [-0.3, -0.25) is 4.90 Å². The molecule has 0 aromatic heterocycles.